The maximum atomic E-state index is 14.4. The second-order valence-electron chi connectivity index (χ2n) is 29.2. The molecule has 0 aliphatic carbocycles. The van der Waals surface area contributed by atoms with Gasteiger partial charge in [-0.1, -0.05) is 116 Å². The SMILES string of the molecule is CC[C@H](C)[C@H](NC(=O)[C@H](CC(C)C)NC(=O)[C@@H](NC(=O)[C@H](C)NC(=O)[C@H](CCCN=C(N)N)NC(=O)CNC(=O)[C@H](C)NC(=O)[C@H](CCCN=C(N)N)NC(=O)[C@H](CCC(N)=O)NC(=O)[C@H](CC(C)C)NC(=O)[C@@H](NC(=O)[C@H](CCC(=O)O)NC(=O)[C@@H](NC(=O)[C@@H](N)C(C)C)[C@@H](C)CC)C(C)C)[C@@H](C)CC)C(=O)O. The molecule has 16 atom stereocenters. The quantitative estimate of drug-likeness (QED) is 0.0157. The van der Waals surface area contributed by atoms with Crippen molar-refractivity contribution in [1.29, 1.82) is 0 Å². The highest BCUT2D eigenvalue weighted by Gasteiger charge is 2.39. The third-order valence-corrected chi connectivity index (χ3v) is 18.0. The van der Waals surface area contributed by atoms with E-state index in [4.69, 9.17) is 34.4 Å². The molecule has 39 heteroatoms. The summed E-state index contributed by atoms with van der Waals surface area (Å²) in [5.74, 6) is -18.4. The lowest BCUT2D eigenvalue weighted by atomic mass is 9.95. The summed E-state index contributed by atoms with van der Waals surface area (Å²) in [5, 5.41) is 52.5. The zero-order chi connectivity index (χ0) is 83.9. The predicted molar refractivity (Wildman–Crippen MR) is 405 cm³/mol. The van der Waals surface area contributed by atoms with Gasteiger partial charge in [-0.3, -0.25) is 81.9 Å². The average molecular weight is 1550 g/mol. The van der Waals surface area contributed by atoms with Crippen molar-refractivity contribution in [2.24, 2.45) is 85.8 Å². The van der Waals surface area contributed by atoms with Gasteiger partial charge in [-0.15, -0.1) is 0 Å². The fourth-order valence-corrected chi connectivity index (χ4v) is 10.7. The Kier molecular flexibility index (Phi) is 46.0. The van der Waals surface area contributed by atoms with Gasteiger partial charge in [0.2, 0.25) is 82.7 Å². The summed E-state index contributed by atoms with van der Waals surface area (Å²) >= 11 is 0. The minimum Gasteiger partial charge on any atom is -0.481 e. The van der Waals surface area contributed by atoms with E-state index in [1.54, 1.807) is 96.9 Å². The number of carbonyl (C=O) groups is 16. The molecule has 0 spiro atoms. The van der Waals surface area contributed by atoms with Gasteiger partial charge in [-0.25, -0.2) is 4.79 Å². The summed E-state index contributed by atoms with van der Waals surface area (Å²) < 4.78 is 0. The molecule has 0 rings (SSSR count). The smallest absolute Gasteiger partial charge is 0.326 e. The van der Waals surface area contributed by atoms with Crippen LogP contribution < -0.4 is 104 Å². The van der Waals surface area contributed by atoms with Crippen LogP contribution in [0.1, 0.15) is 194 Å². The maximum Gasteiger partial charge on any atom is 0.326 e. The van der Waals surface area contributed by atoms with Crippen molar-refractivity contribution in [2.75, 3.05) is 19.6 Å². The number of hydrogen-bond acceptors (Lipinski definition) is 19. The predicted octanol–water partition coefficient (Wildman–Crippen LogP) is -3.85. The number of guanidine groups is 2. The molecule has 0 aromatic heterocycles. The van der Waals surface area contributed by atoms with Crippen molar-refractivity contribution >= 4 is 107 Å². The van der Waals surface area contributed by atoms with E-state index in [1.807, 2.05) is 0 Å². The molecule has 0 saturated carbocycles. The Labute approximate surface area is 638 Å². The van der Waals surface area contributed by atoms with Gasteiger partial charge >= 0.3 is 11.9 Å². The number of hydrogen-bond donors (Lipinski definition) is 21. The number of nitrogens with two attached hydrogens (primary N) is 6. The fourth-order valence-electron chi connectivity index (χ4n) is 10.7. The lowest BCUT2D eigenvalue weighted by Crippen LogP contribution is -2.61. The standard InChI is InChI=1S/C70H127N21O18/c1-17-37(12)53(67(107)87-47(31-34(6)7)63(103)91-55(68(108)109)39(14)19-3)89-57(97)41(16)81-58(98)42(22-20-28-77-69(73)74)82-49(93)32-79-56(96)40(15)80-59(99)43(23-21-29-78-70(75)76)83-60(100)44(24-26-48(71)92)84-62(102)46(30-33(4)5)86-65(105)52(36(10)11)88-61(101)45(25-27-50(94)95)85-66(106)54(38(13)18-2)90-64(104)51(72)35(8)9/h33-47,51-55H,17-32,72H2,1-16H3,(H2,71,92)(H,79,96)(H,80,99)(H,81,98)(H,82,93)(H,83,100)(H,84,102)(H,85,106)(H,86,105)(H,87,107)(H,88,101)(H,89,97)(H,90,104)(H,91,103)(H,94,95)(H,108,109)(H4,73,74,77)(H4,75,76,78)/t37-,38-,39-,40-,41-,42-,43-,44-,45-,46-,47-,51-,52-,53-,54-,55-/m0/s1. The molecule has 0 fully saturated rings. The second-order valence-corrected chi connectivity index (χ2v) is 29.2. The minimum absolute atomic E-state index is 0.00283. The van der Waals surface area contributed by atoms with Crippen LogP contribution in [0.15, 0.2) is 9.98 Å². The van der Waals surface area contributed by atoms with Crippen LogP contribution in [-0.4, -0.2) is 215 Å². The molecule has 0 unspecified atom stereocenters. The summed E-state index contributed by atoms with van der Waals surface area (Å²) in [5.41, 5.74) is 33.6. The van der Waals surface area contributed by atoms with E-state index in [1.165, 1.54) is 13.8 Å². The summed E-state index contributed by atoms with van der Waals surface area (Å²) in [4.78, 5) is 225. The van der Waals surface area contributed by atoms with Gasteiger partial charge in [0.1, 0.15) is 72.5 Å². The van der Waals surface area contributed by atoms with Crippen molar-refractivity contribution in [2.45, 2.75) is 273 Å². The maximum absolute atomic E-state index is 14.4. The largest absolute Gasteiger partial charge is 0.481 e. The van der Waals surface area contributed by atoms with Gasteiger partial charge in [-0.05, 0) is 107 Å². The molecule has 27 N–H and O–H groups in total. The van der Waals surface area contributed by atoms with Crippen molar-refractivity contribution in [1.82, 2.24) is 69.1 Å². The second kappa shape index (κ2) is 50.6. The van der Waals surface area contributed by atoms with Gasteiger partial charge in [0.25, 0.3) is 0 Å². The van der Waals surface area contributed by atoms with Crippen molar-refractivity contribution < 1.29 is 86.9 Å². The van der Waals surface area contributed by atoms with E-state index in [-0.39, 0.29) is 81.3 Å². The molecule has 620 valence electrons. The Balaban J connectivity index is 6.82. The van der Waals surface area contributed by atoms with Gasteiger partial charge in [0.05, 0.1) is 12.6 Å². The first-order valence-corrected chi connectivity index (χ1v) is 37.2. The summed E-state index contributed by atoms with van der Waals surface area (Å²) in [6.07, 6.45) is -0.956. The van der Waals surface area contributed by atoms with Crippen molar-refractivity contribution in [3.63, 3.8) is 0 Å². The Morgan fingerprint density at radius 2 is 0.679 bits per heavy atom. The molecule has 0 saturated heterocycles. The van der Waals surface area contributed by atoms with Gasteiger partial charge in [0.15, 0.2) is 11.9 Å². The first kappa shape index (κ1) is 99.0. The molecule has 39 nitrogen and oxygen atoms in total. The highest BCUT2D eigenvalue weighted by Crippen LogP contribution is 2.17. The van der Waals surface area contributed by atoms with Crippen LogP contribution in [-0.2, 0) is 76.7 Å². The first-order chi connectivity index (χ1) is 50.7. The molecule has 0 radical (unpaired) electrons. The van der Waals surface area contributed by atoms with Crippen LogP contribution in [0.3, 0.4) is 0 Å². The van der Waals surface area contributed by atoms with Gasteiger partial charge in [-0.2, -0.15) is 0 Å². The van der Waals surface area contributed by atoms with E-state index in [9.17, 15) is 86.9 Å². The van der Waals surface area contributed by atoms with Crippen LogP contribution in [0.5, 0.6) is 0 Å². The van der Waals surface area contributed by atoms with E-state index in [2.05, 4.69) is 79.1 Å². The van der Waals surface area contributed by atoms with E-state index < -0.39 is 229 Å². The normalized spacial score (nSPS) is 15.6. The average Bonchev–Trinajstić information content (AvgIpc) is 0.854. The molecular weight excluding hydrogens is 1420 g/mol. The third-order valence-electron chi connectivity index (χ3n) is 18.0. The van der Waals surface area contributed by atoms with Gasteiger partial charge < -0.3 is 114 Å². The number of rotatable bonds is 53. The lowest BCUT2D eigenvalue weighted by molar-refractivity contribution is -0.144. The van der Waals surface area contributed by atoms with Crippen LogP contribution in [0.2, 0.25) is 0 Å². The number of nitrogens with one attached hydrogen (secondary N) is 13. The van der Waals surface area contributed by atoms with E-state index >= 15 is 0 Å². The number of aliphatic carboxylic acids is 2. The minimum atomic E-state index is -1.64. The van der Waals surface area contributed by atoms with Crippen LogP contribution in [0, 0.1) is 41.4 Å². The number of nitrogens with zero attached hydrogens (tertiary/aromatic N) is 2. The zero-order valence-corrected chi connectivity index (χ0v) is 66.1. The van der Waals surface area contributed by atoms with Gasteiger partial charge in [0, 0.05) is 25.9 Å². The van der Waals surface area contributed by atoms with Crippen LogP contribution in [0.4, 0.5) is 0 Å². The number of carboxylic acid groups (broad SMARTS) is 2. The zero-order valence-electron chi connectivity index (χ0n) is 66.1. The van der Waals surface area contributed by atoms with Crippen LogP contribution >= 0.6 is 0 Å². The highest BCUT2D eigenvalue weighted by molar-refractivity contribution is 6.00. The number of primary amides is 1. The summed E-state index contributed by atoms with van der Waals surface area (Å²) in [6, 6.07) is -17.7. The van der Waals surface area contributed by atoms with E-state index in [0.717, 1.165) is 0 Å². The number of aliphatic imine (C=N–C) groups is 2. The number of carboxylic acids is 2. The van der Waals surface area contributed by atoms with Crippen molar-refractivity contribution in [3.8, 4) is 0 Å². The molecule has 0 aliphatic heterocycles. The molecule has 109 heavy (non-hydrogen) atoms. The van der Waals surface area contributed by atoms with Crippen LogP contribution in [0.25, 0.3) is 0 Å². The Hall–Kier alpha value is -9.98. The summed E-state index contributed by atoms with van der Waals surface area (Å²) in [7, 11) is 0. The van der Waals surface area contributed by atoms with Crippen molar-refractivity contribution in [3.05, 3.63) is 0 Å². The lowest BCUT2D eigenvalue weighted by Gasteiger charge is -2.30. The molecule has 0 bridgehead atoms. The molecule has 0 aliphatic rings. The molecule has 0 aromatic rings. The number of carbonyl (C=O) groups excluding carboxylic acids is 14. The molecular formula is C70H127N21O18. The Morgan fingerprint density at radius 1 is 0.349 bits per heavy atom. The molecule has 0 heterocycles. The highest BCUT2D eigenvalue weighted by atomic mass is 16.4. The molecule has 0 aromatic carbocycles. The summed E-state index contributed by atoms with van der Waals surface area (Å²) in [6.45, 7) is 25.6. The Morgan fingerprint density at radius 3 is 1.07 bits per heavy atom. The monoisotopic (exact) mass is 1550 g/mol. The number of amides is 14. The van der Waals surface area contributed by atoms with E-state index in [0.29, 0.717) is 19.3 Å². The third kappa shape index (κ3) is 38.6. The molecule has 14 amide bonds. The first-order valence-electron chi connectivity index (χ1n) is 37.2. The fraction of sp³-hybridized carbons (Fsp3) is 0.743. The topological polar surface area (TPSA) is 651 Å². The Bertz CT molecular complexity index is 3130.